The van der Waals surface area contributed by atoms with Gasteiger partial charge in [-0.25, -0.2) is 0 Å². The maximum Gasteiger partial charge on any atom is 0.0536 e. The van der Waals surface area contributed by atoms with Crippen molar-refractivity contribution < 1.29 is 0 Å². The van der Waals surface area contributed by atoms with Crippen LogP contribution in [0.4, 0.5) is 0 Å². The molecule has 0 fully saturated rings. The van der Waals surface area contributed by atoms with Gasteiger partial charge in [0.2, 0.25) is 0 Å². The van der Waals surface area contributed by atoms with Crippen LogP contribution in [0.3, 0.4) is 0 Å². The van der Waals surface area contributed by atoms with Crippen LogP contribution in [0.15, 0.2) is 48.8 Å². The zero-order valence-corrected chi connectivity index (χ0v) is 11.3. The van der Waals surface area contributed by atoms with Crippen LogP contribution in [0.25, 0.3) is 0 Å². The molecule has 0 amide bonds. The standard InChI is InChI=1S/C15H22N4/c16-8-4-10-18(12-13-19-11-5-9-17-19)14-15-6-2-1-3-7-15/h1-3,5-7,9,11H,4,8,10,12-14,16H2. The molecule has 19 heavy (non-hydrogen) atoms. The van der Waals surface area contributed by atoms with E-state index in [-0.39, 0.29) is 0 Å². The highest BCUT2D eigenvalue weighted by Gasteiger charge is 2.05. The quantitative estimate of drug-likeness (QED) is 0.784. The van der Waals surface area contributed by atoms with E-state index >= 15 is 0 Å². The van der Waals surface area contributed by atoms with Crippen molar-refractivity contribution in [1.29, 1.82) is 0 Å². The lowest BCUT2D eigenvalue weighted by Gasteiger charge is -2.22. The molecule has 0 spiro atoms. The Morgan fingerprint density at radius 2 is 1.95 bits per heavy atom. The molecule has 0 saturated heterocycles. The summed E-state index contributed by atoms with van der Waals surface area (Å²) in [6.45, 7) is 4.67. The molecule has 4 nitrogen and oxygen atoms in total. The molecule has 1 heterocycles. The van der Waals surface area contributed by atoms with Gasteiger partial charge in [-0.2, -0.15) is 5.10 Å². The zero-order chi connectivity index (χ0) is 13.3. The van der Waals surface area contributed by atoms with Gasteiger partial charge in [-0.1, -0.05) is 30.3 Å². The molecular weight excluding hydrogens is 236 g/mol. The molecule has 2 rings (SSSR count). The normalized spacial score (nSPS) is 11.1. The van der Waals surface area contributed by atoms with Gasteiger partial charge in [0.25, 0.3) is 0 Å². The minimum Gasteiger partial charge on any atom is -0.330 e. The average molecular weight is 258 g/mol. The molecular formula is C15H22N4. The number of nitrogens with zero attached hydrogens (tertiary/aromatic N) is 3. The van der Waals surface area contributed by atoms with E-state index in [0.29, 0.717) is 0 Å². The predicted octanol–water partition coefficient (Wildman–Crippen LogP) is 1.73. The summed E-state index contributed by atoms with van der Waals surface area (Å²) >= 11 is 0. The first kappa shape index (κ1) is 13.8. The molecule has 0 radical (unpaired) electrons. The van der Waals surface area contributed by atoms with Crippen LogP contribution in [0.5, 0.6) is 0 Å². The Kier molecular flexibility index (Phi) is 5.59. The van der Waals surface area contributed by atoms with Gasteiger partial charge >= 0.3 is 0 Å². The SMILES string of the molecule is NCCCN(CCn1cccn1)Cc1ccccc1. The topological polar surface area (TPSA) is 47.1 Å². The summed E-state index contributed by atoms with van der Waals surface area (Å²) in [7, 11) is 0. The first-order valence-electron chi connectivity index (χ1n) is 6.82. The maximum absolute atomic E-state index is 5.62. The largest absolute Gasteiger partial charge is 0.330 e. The molecule has 1 aromatic carbocycles. The minimum atomic E-state index is 0.743. The van der Waals surface area contributed by atoms with E-state index < -0.39 is 0 Å². The zero-order valence-electron chi connectivity index (χ0n) is 11.3. The van der Waals surface area contributed by atoms with Crippen molar-refractivity contribution in [3.8, 4) is 0 Å². The third-order valence-corrected chi connectivity index (χ3v) is 3.13. The maximum atomic E-state index is 5.62. The van der Waals surface area contributed by atoms with Gasteiger partial charge in [0.1, 0.15) is 0 Å². The van der Waals surface area contributed by atoms with E-state index in [1.807, 2.05) is 23.1 Å². The molecule has 0 aliphatic carbocycles. The Morgan fingerprint density at radius 3 is 2.63 bits per heavy atom. The molecule has 4 heteroatoms. The molecule has 1 aromatic heterocycles. The summed E-state index contributed by atoms with van der Waals surface area (Å²) < 4.78 is 1.97. The number of aromatic nitrogens is 2. The van der Waals surface area contributed by atoms with Gasteiger partial charge < -0.3 is 5.73 Å². The van der Waals surface area contributed by atoms with Crippen LogP contribution in [0, 0.1) is 0 Å². The summed E-state index contributed by atoms with van der Waals surface area (Å²) in [4.78, 5) is 2.43. The van der Waals surface area contributed by atoms with Gasteiger partial charge in [-0.15, -0.1) is 0 Å². The highest BCUT2D eigenvalue weighted by Crippen LogP contribution is 2.05. The van der Waals surface area contributed by atoms with Gasteiger partial charge in [-0.05, 0) is 31.1 Å². The lowest BCUT2D eigenvalue weighted by Crippen LogP contribution is -2.29. The lowest BCUT2D eigenvalue weighted by atomic mass is 10.2. The second-order valence-corrected chi connectivity index (χ2v) is 4.67. The van der Waals surface area contributed by atoms with E-state index in [2.05, 4.69) is 40.3 Å². The average Bonchev–Trinajstić information content (AvgIpc) is 2.96. The van der Waals surface area contributed by atoms with Crippen LogP contribution < -0.4 is 5.73 Å². The Hall–Kier alpha value is -1.65. The third-order valence-electron chi connectivity index (χ3n) is 3.13. The molecule has 2 N–H and O–H groups in total. The first-order valence-corrected chi connectivity index (χ1v) is 6.82. The highest BCUT2D eigenvalue weighted by atomic mass is 15.3. The van der Waals surface area contributed by atoms with Gasteiger partial charge in [0.05, 0.1) is 6.54 Å². The van der Waals surface area contributed by atoms with Crippen molar-refractivity contribution in [1.82, 2.24) is 14.7 Å². The molecule has 102 valence electrons. The van der Waals surface area contributed by atoms with Gasteiger partial charge in [0.15, 0.2) is 0 Å². The van der Waals surface area contributed by atoms with Crippen molar-refractivity contribution in [2.24, 2.45) is 5.73 Å². The molecule has 0 saturated carbocycles. The molecule has 0 aliphatic heterocycles. The second kappa shape index (κ2) is 7.71. The number of benzene rings is 1. The Bertz CT molecular complexity index is 438. The fraction of sp³-hybridized carbons (Fsp3) is 0.400. The van der Waals surface area contributed by atoms with Crippen molar-refractivity contribution in [3.05, 3.63) is 54.4 Å². The Morgan fingerprint density at radius 1 is 1.11 bits per heavy atom. The fourth-order valence-electron chi connectivity index (χ4n) is 2.10. The van der Waals surface area contributed by atoms with Crippen molar-refractivity contribution in [2.45, 2.75) is 19.5 Å². The predicted molar refractivity (Wildman–Crippen MR) is 77.6 cm³/mol. The summed E-state index contributed by atoms with van der Waals surface area (Å²) in [5, 5.41) is 4.24. The monoisotopic (exact) mass is 258 g/mol. The van der Waals surface area contributed by atoms with Crippen molar-refractivity contribution in [2.75, 3.05) is 19.6 Å². The molecule has 2 aromatic rings. The number of rotatable bonds is 8. The van der Waals surface area contributed by atoms with Gasteiger partial charge in [0, 0.05) is 25.5 Å². The first-order chi connectivity index (χ1) is 9.38. The van der Waals surface area contributed by atoms with Crippen LogP contribution in [-0.4, -0.2) is 34.3 Å². The molecule has 0 aliphatic rings. The van der Waals surface area contributed by atoms with Crippen LogP contribution >= 0.6 is 0 Å². The summed E-state index contributed by atoms with van der Waals surface area (Å²) in [5.41, 5.74) is 6.96. The molecule has 0 bridgehead atoms. The summed E-state index contributed by atoms with van der Waals surface area (Å²) in [6, 6.07) is 12.5. The Balaban J connectivity index is 1.87. The van der Waals surface area contributed by atoms with Crippen LogP contribution in [0.2, 0.25) is 0 Å². The number of nitrogens with two attached hydrogens (primary N) is 1. The Labute approximate surface area is 114 Å². The van der Waals surface area contributed by atoms with Crippen LogP contribution in [-0.2, 0) is 13.1 Å². The molecule has 0 atom stereocenters. The van der Waals surface area contributed by atoms with E-state index in [0.717, 1.165) is 39.1 Å². The summed E-state index contributed by atoms with van der Waals surface area (Å²) in [5.74, 6) is 0. The summed E-state index contributed by atoms with van der Waals surface area (Å²) in [6.07, 6.45) is 4.86. The van der Waals surface area contributed by atoms with Crippen LogP contribution in [0.1, 0.15) is 12.0 Å². The minimum absolute atomic E-state index is 0.743. The van der Waals surface area contributed by atoms with E-state index in [1.54, 1.807) is 0 Å². The number of hydrogen-bond acceptors (Lipinski definition) is 3. The second-order valence-electron chi connectivity index (χ2n) is 4.67. The molecule has 0 unspecified atom stereocenters. The lowest BCUT2D eigenvalue weighted by molar-refractivity contribution is 0.249. The highest BCUT2D eigenvalue weighted by molar-refractivity contribution is 5.14. The fourth-order valence-corrected chi connectivity index (χ4v) is 2.10. The third kappa shape index (κ3) is 4.85. The van der Waals surface area contributed by atoms with Crippen molar-refractivity contribution >= 4 is 0 Å². The van der Waals surface area contributed by atoms with E-state index in [9.17, 15) is 0 Å². The van der Waals surface area contributed by atoms with E-state index in [4.69, 9.17) is 5.73 Å². The van der Waals surface area contributed by atoms with Gasteiger partial charge in [-0.3, -0.25) is 9.58 Å². The number of hydrogen-bond donors (Lipinski definition) is 1. The van der Waals surface area contributed by atoms with E-state index in [1.165, 1.54) is 5.56 Å². The van der Waals surface area contributed by atoms with Crippen molar-refractivity contribution in [3.63, 3.8) is 0 Å². The smallest absolute Gasteiger partial charge is 0.0536 e.